The van der Waals surface area contributed by atoms with E-state index < -0.39 is 0 Å². The molecule has 1 atom stereocenters. The van der Waals surface area contributed by atoms with Crippen LogP contribution in [0.1, 0.15) is 56.1 Å². The summed E-state index contributed by atoms with van der Waals surface area (Å²) >= 11 is 0. The topological polar surface area (TPSA) is 62.5 Å². The molecule has 0 spiro atoms. The van der Waals surface area contributed by atoms with Crippen LogP contribution in [0.4, 0.5) is 5.82 Å². The minimum absolute atomic E-state index is 0.0227. The van der Waals surface area contributed by atoms with Gasteiger partial charge in [0.15, 0.2) is 5.82 Å². The number of hydrogen-bond donors (Lipinski definition) is 1. The number of rotatable bonds is 4. The maximum absolute atomic E-state index is 13.0. The molecule has 2 aliphatic rings. The zero-order valence-corrected chi connectivity index (χ0v) is 19.2. The Kier molecular flexibility index (Phi) is 5.85. The molecule has 1 amide bonds. The van der Waals surface area contributed by atoms with Gasteiger partial charge in [-0.2, -0.15) is 5.10 Å². The number of aromatic nitrogens is 3. The largest absolute Gasteiger partial charge is 0.354 e. The number of amides is 1. The van der Waals surface area contributed by atoms with Gasteiger partial charge in [0, 0.05) is 37.1 Å². The van der Waals surface area contributed by atoms with Gasteiger partial charge in [-0.1, -0.05) is 43.0 Å². The molecule has 0 unspecified atom stereocenters. The van der Waals surface area contributed by atoms with Gasteiger partial charge in [0.2, 0.25) is 5.91 Å². The van der Waals surface area contributed by atoms with E-state index in [-0.39, 0.29) is 11.8 Å². The number of nitrogens with zero attached hydrogens (tertiary/aromatic N) is 4. The molecule has 32 heavy (non-hydrogen) atoms. The first kappa shape index (κ1) is 21.0. The first-order valence-corrected chi connectivity index (χ1v) is 12.1. The van der Waals surface area contributed by atoms with Gasteiger partial charge < -0.3 is 10.2 Å². The second-order valence-corrected chi connectivity index (χ2v) is 9.56. The number of piperidine rings is 1. The van der Waals surface area contributed by atoms with Crippen molar-refractivity contribution < 1.29 is 4.79 Å². The standard InChI is InChI=1S/C26H33N5O/c1-18-10-11-22(19(2)15-18)23-16-24-25(27-12-14-31(24)29-23)30-13-6-7-20(17-30)26(32)28-21-8-4-3-5-9-21/h10-12,14-16,20-21H,3-9,13,17H2,1-2H3,(H,28,32)/t20-/m0/s1. The van der Waals surface area contributed by atoms with Gasteiger partial charge in [0.25, 0.3) is 0 Å². The van der Waals surface area contributed by atoms with Crippen LogP contribution in [0.3, 0.4) is 0 Å². The predicted molar refractivity (Wildman–Crippen MR) is 128 cm³/mol. The Morgan fingerprint density at radius 3 is 2.72 bits per heavy atom. The van der Waals surface area contributed by atoms with Crippen LogP contribution in [-0.4, -0.2) is 39.6 Å². The molecule has 1 aromatic carbocycles. The van der Waals surface area contributed by atoms with Crippen molar-refractivity contribution in [2.45, 2.75) is 64.8 Å². The number of carbonyl (C=O) groups is 1. The molecule has 5 rings (SSSR count). The molecule has 1 aliphatic heterocycles. The number of hydrogen-bond acceptors (Lipinski definition) is 4. The monoisotopic (exact) mass is 431 g/mol. The van der Waals surface area contributed by atoms with Crippen LogP contribution < -0.4 is 10.2 Å². The highest BCUT2D eigenvalue weighted by molar-refractivity contribution is 5.81. The van der Waals surface area contributed by atoms with Gasteiger partial charge in [-0.05, 0) is 51.2 Å². The Morgan fingerprint density at radius 1 is 1.06 bits per heavy atom. The second kappa shape index (κ2) is 8.93. The van der Waals surface area contributed by atoms with E-state index in [0.29, 0.717) is 6.04 Å². The average Bonchev–Trinajstić information content (AvgIpc) is 3.24. The Morgan fingerprint density at radius 2 is 1.91 bits per heavy atom. The Balaban J connectivity index is 1.37. The summed E-state index contributed by atoms with van der Waals surface area (Å²) in [5.41, 5.74) is 5.58. The summed E-state index contributed by atoms with van der Waals surface area (Å²) in [6, 6.07) is 8.96. The van der Waals surface area contributed by atoms with Gasteiger partial charge in [0.1, 0.15) is 5.52 Å². The average molecular weight is 432 g/mol. The third kappa shape index (κ3) is 4.23. The molecule has 2 fully saturated rings. The maximum atomic E-state index is 13.0. The molecule has 6 nitrogen and oxygen atoms in total. The number of benzene rings is 1. The smallest absolute Gasteiger partial charge is 0.225 e. The van der Waals surface area contributed by atoms with E-state index in [9.17, 15) is 4.79 Å². The molecule has 3 heterocycles. The summed E-state index contributed by atoms with van der Waals surface area (Å²) in [4.78, 5) is 20.0. The highest BCUT2D eigenvalue weighted by Crippen LogP contribution is 2.30. The number of aryl methyl sites for hydroxylation is 2. The van der Waals surface area contributed by atoms with E-state index in [1.807, 2.05) is 16.9 Å². The molecule has 168 valence electrons. The van der Waals surface area contributed by atoms with E-state index in [1.165, 1.54) is 30.4 Å². The molecule has 0 bridgehead atoms. The SMILES string of the molecule is Cc1ccc(-c2cc3c(N4CCC[C@H](C(=O)NC5CCCCC5)C4)nccn3n2)c(C)c1. The summed E-state index contributed by atoms with van der Waals surface area (Å²) in [6.07, 6.45) is 11.7. The quantitative estimate of drug-likeness (QED) is 0.652. The van der Waals surface area contributed by atoms with E-state index in [2.05, 4.69) is 48.3 Å². The molecule has 1 saturated heterocycles. The van der Waals surface area contributed by atoms with Crippen molar-refractivity contribution in [3.63, 3.8) is 0 Å². The Bertz CT molecular complexity index is 1110. The second-order valence-electron chi connectivity index (χ2n) is 9.56. The fraction of sp³-hybridized carbons (Fsp3) is 0.500. The number of carbonyl (C=O) groups excluding carboxylic acids is 1. The molecule has 3 aromatic rings. The van der Waals surface area contributed by atoms with Crippen molar-refractivity contribution in [1.29, 1.82) is 0 Å². The molecule has 0 radical (unpaired) electrons. The van der Waals surface area contributed by atoms with Crippen molar-refractivity contribution in [3.05, 3.63) is 47.8 Å². The molecular weight excluding hydrogens is 398 g/mol. The summed E-state index contributed by atoms with van der Waals surface area (Å²) in [5, 5.41) is 8.16. The molecule has 1 saturated carbocycles. The summed E-state index contributed by atoms with van der Waals surface area (Å²) < 4.78 is 1.92. The molecular formula is C26H33N5O. The third-order valence-corrected chi connectivity index (χ3v) is 7.07. The van der Waals surface area contributed by atoms with Crippen molar-refractivity contribution in [3.8, 4) is 11.3 Å². The molecule has 2 aromatic heterocycles. The van der Waals surface area contributed by atoms with Gasteiger partial charge in [-0.25, -0.2) is 9.50 Å². The lowest BCUT2D eigenvalue weighted by Crippen LogP contribution is -2.46. The van der Waals surface area contributed by atoms with Crippen LogP contribution in [0, 0.1) is 19.8 Å². The first-order chi connectivity index (χ1) is 15.6. The Hall–Kier alpha value is -2.89. The van der Waals surface area contributed by atoms with Crippen LogP contribution >= 0.6 is 0 Å². The van der Waals surface area contributed by atoms with Crippen molar-refractivity contribution in [2.75, 3.05) is 18.0 Å². The molecule has 1 aliphatic carbocycles. The minimum atomic E-state index is 0.0227. The normalized spacial score (nSPS) is 19.9. The minimum Gasteiger partial charge on any atom is -0.354 e. The fourth-order valence-electron chi connectivity index (χ4n) is 5.33. The van der Waals surface area contributed by atoms with Crippen LogP contribution in [0.2, 0.25) is 0 Å². The molecule has 6 heteroatoms. The lowest BCUT2D eigenvalue weighted by Gasteiger charge is -2.34. The van der Waals surface area contributed by atoms with Gasteiger partial charge in [-0.15, -0.1) is 0 Å². The first-order valence-electron chi connectivity index (χ1n) is 12.1. The van der Waals surface area contributed by atoms with Crippen molar-refractivity contribution >= 4 is 17.2 Å². The number of nitrogens with one attached hydrogen (secondary N) is 1. The lowest BCUT2D eigenvalue weighted by atomic mass is 9.93. The van der Waals surface area contributed by atoms with E-state index in [1.54, 1.807) is 0 Å². The van der Waals surface area contributed by atoms with Crippen molar-refractivity contribution in [1.82, 2.24) is 19.9 Å². The zero-order valence-electron chi connectivity index (χ0n) is 19.2. The van der Waals surface area contributed by atoms with Gasteiger partial charge >= 0.3 is 0 Å². The van der Waals surface area contributed by atoms with E-state index in [4.69, 9.17) is 10.1 Å². The fourth-order valence-corrected chi connectivity index (χ4v) is 5.33. The van der Waals surface area contributed by atoms with Gasteiger partial charge in [-0.3, -0.25) is 4.79 Å². The van der Waals surface area contributed by atoms with Crippen LogP contribution in [-0.2, 0) is 4.79 Å². The Labute approximate surface area is 190 Å². The lowest BCUT2D eigenvalue weighted by molar-refractivity contribution is -0.126. The van der Waals surface area contributed by atoms with Crippen LogP contribution in [0.5, 0.6) is 0 Å². The highest BCUT2D eigenvalue weighted by atomic mass is 16.2. The summed E-state index contributed by atoms with van der Waals surface area (Å²) in [7, 11) is 0. The summed E-state index contributed by atoms with van der Waals surface area (Å²) in [5.74, 6) is 1.17. The number of anilines is 1. The third-order valence-electron chi connectivity index (χ3n) is 7.07. The van der Waals surface area contributed by atoms with Gasteiger partial charge in [0.05, 0.1) is 11.6 Å². The van der Waals surface area contributed by atoms with Crippen molar-refractivity contribution in [2.24, 2.45) is 5.92 Å². The zero-order chi connectivity index (χ0) is 22.1. The van der Waals surface area contributed by atoms with Crippen LogP contribution in [0.15, 0.2) is 36.7 Å². The van der Waals surface area contributed by atoms with Crippen LogP contribution in [0.25, 0.3) is 16.8 Å². The number of fused-ring (bicyclic) bond motifs is 1. The van der Waals surface area contributed by atoms with E-state index in [0.717, 1.165) is 61.4 Å². The van der Waals surface area contributed by atoms with E-state index >= 15 is 0 Å². The highest BCUT2D eigenvalue weighted by Gasteiger charge is 2.29. The predicted octanol–water partition coefficient (Wildman–Crippen LogP) is 4.68. The molecule has 1 N–H and O–H groups in total. The summed E-state index contributed by atoms with van der Waals surface area (Å²) in [6.45, 7) is 5.88. The maximum Gasteiger partial charge on any atom is 0.225 e.